The zero-order chi connectivity index (χ0) is 15.4. The summed E-state index contributed by atoms with van der Waals surface area (Å²) in [7, 11) is 0. The lowest BCUT2D eigenvalue weighted by atomic mass is 9.96. The molecule has 0 fully saturated rings. The second-order valence-electron chi connectivity index (χ2n) is 5.16. The molecule has 0 unspecified atom stereocenters. The van der Waals surface area contributed by atoms with Crippen molar-refractivity contribution in [3.63, 3.8) is 0 Å². The number of aromatic hydroxyl groups is 2. The quantitative estimate of drug-likeness (QED) is 0.651. The average Bonchev–Trinajstić information content (AvgIpc) is 2.44. The maximum atomic E-state index is 10.1. The molecule has 0 bridgehead atoms. The summed E-state index contributed by atoms with van der Waals surface area (Å²) in [6.07, 6.45) is 1.73. The van der Waals surface area contributed by atoms with Crippen LogP contribution < -0.4 is 0 Å². The average molecular weight is 279 g/mol. The molecule has 0 aliphatic heterocycles. The van der Waals surface area contributed by atoms with Crippen molar-refractivity contribution in [2.45, 2.75) is 19.8 Å². The van der Waals surface area contributed by atoms with Crippen LogP contribution in [0.2, 0.25) is 0 Å². The largest absolute Gasteiger partial charge is 0.507 e. The number of nitrogens with zero attached hydrogens (tertiary/aromatic N) is 1. The molecule has 2 rings (SSSR count). The van der Waals surface area contributed by atoms with E-state index in [1.54, 1.807) is 6.08 Å². The van der Waals surface area contributed by atoms with Gasteiger partial charge in [-0.2, -0.15) is 5.26 Å². The minimum absolute atomic E-state index is 0.00249. The second kappa shape index (κ2) is 6.15. The summed E-state index contributed by atoms with van der Waals surface area (Å²) in [4.78, 5) is 0. The fourth-order valence-electron chi connectivity index (χ4n) is 2.27. The molecule has 0 amide bonds. The number of hydrogen-bond donors (Lipinski definition) is 2. The first-order chi connectivity index (χ1) is 10.0. The van der Waals surface area contributed by atoms with Crippen LogP contribution in [0, 0.1) is 11.3 Å². The van der Waals surface area contributed by atoms with E-state index in [0.29, 0.717) is 16.7 Å². The molecule has 3 nitrogen and oxygen atoms in total. The molecular formula is C18H17NO2. The third-order valence-corrected chi connectivity index (χ3v) is 3.26. The summed E-state index contributed by atoms with van der Waals surface area (Å²) in [5, 5.41) is 29.4. The lowest BCUT2D eigenvalue weighted by molar-refractivity contribution is 0.433. The van der Waals surface area contributed by atoms with Crippen LogP contribution in [0.4, 0.5) is 0 Å². The monoisotopic (exact) mass is 279 g/mol. The number of hydrogen-bond acceptors (Lipinski definition) is 3. The van der Waals surface area contributed by atoms with Crippen LogP contribution in [0.1, 0.15) is 36.5 Å². The van der Waals surface area contributed by atoms with Crippen molar-refractivity contribution < 1.29 is 10.2 Å². The summed E-state index contributed by atoms with van der Waals surface area (Å²) in [6.45, 7) is 3.78. The van der Waals surface area contributed by atoms with E-state index in [2.05, 4.69) is 6.07 Å². The van der Waals surface area contributed by atoms with E-state index in [0.717, 1.165) is 5.56 Å². The molecule has 3 heteroatoms. The number of nitriles is 1. The summed E-state index contributed by atoms with van der Waals surface area (Å²) in [5.41, 5.74) is 2.28. The lowest BCUT2D eigenvalue weighted by Crippen LogP contribution is -1.92. The van der Waals surface area contributed by atoms with Gasteiger partial charge in [-0.3, -0.25) is 0 Å². The van der Waals surface area contributed by atoms with E-state index in [-0.39, 0.29) is 17.4 Å². The molecular weight excluding hydrogens is 262 g/mol. The standard InChI is InChI=1S/C18H17NO2/c1-12(2)18-16(20)9-14(10-17(18)21)15(11-19)8-13-6-4-3-5-7-13/h3-10,12,20-21H,1-2H3/b15-8-. The summed E-state index contributed by atoms with van der Waals surface area (Å²) >= 11 is 0. The van der Waals surface area contributed by atoms with Crippen LogP contribution >= 0.6 is 0 Å². The van der Waals surface area contributed by atoms with Gasteiger partial charge in [0.15, 0.2) is 0 Å². The Morgan fingerprint density at radius 1 is 1.10 bits per heavy atom. The van der Waals surface area contributed by atoms with Crippen molar-refractivity contribution >= 4 is 11.6 Å². The maximum absolute atomic E-state index is 10.1. The van der Waals surface area contributed by atoms with Crippen molar-refractivity contribution in [2.24, 2.45) is 0 Å². The van der Waals surface area contributed by atoms with Crippen molar-refractivity contribution in [3.8, 4) is 17.6 Å². The fraction of sp³-hybridized carbons (Fsp3) is 0.167. The van der Waals surface area contributed by atoms with E-state index in [1.807, 2.05) is 44.2 Å². The van der Waals surface area contributed by atoms with E-state index in [9.17, 15) is 15.5 Å². The van der Waals surface area contributed by atoms with Gasteiger partial charge in [-0.05, 0) is 35.3 Å². The molecule has 106 valence electrons. The number of rotatable bonds is 3. The molecule has 2 aromatic rings. The topological polar surface area (TPSA) is 64.2 Å². The van der Waals surface area contributed by atoms with Crippen molar-refractivity contribution in [1.29, 1.82) is 5.26 Å². The molecule has 0 aromatic heterocycles. The predicted octanol–water partition coefficient (Wildman–Crippen LogP) is 4.29. The van der Waals surface area contributed by atoms with Crippen LogP contribution in [0.5, 0.6) is 11.5 Å². The first-order valence-corrected chi connectivity index (χ1v) is 6.76. The van der Waals surface area contributed by atoms with Gasteiger partial charge in [-0.15, -0.1) is 0 Å². The SMILES string of the molecule is CC(C)c1c(O)cc(/C(C#N)=C\c2ccccc2)cc1O. The molecule has 0 saturated carbocycles. The zero-order valence-electron chi connectivity index (χ0n) is 12.0. The van der Waals surface area contributed by atoms with Gasteiger partial charge in [-0.25, -0.2) is 0 Å². The summed E-state index contributed by atoms with van der Waals surface area (Å²) in [5.74, 6) is 0.0195. The van der Waals surface area contributed by atoms with Gasteiger partial charge in [0, 0.05) is 5.56 Å². The third-order valence-electron chi connectivity index (χ3n) is 3.26. The number of allylic oxidation sites excluding steroid dienone is 1. The van der Waals surface area contributed by atoms with E-state index in [4.69, 9.17) is 0 Å². The van der Waals surface area contributed by atoms with Crippen LogP contribution in [0.15, 0.2) is 42.5 Å². The molecule has 21 heavy (non-hydrogen) atoms. The molecule has 0 spiro atoms. The van der Waals surface area contributed by atoms with E-state index in [1.165, 1.54) is 12.1 Å². The maximum Gasteiger partial charge on any atom is 0.123 e. The summed E-state index contributed by atoms with van der Waals surface area (Å²) < 4.78 is 0. The minimum Gasteiger partial charge on any atom is -0.507 e. The Morgan fingerprint density at radius 3 is 2.14 bits per heavy atom. The number of benzene rings is 2. The highest BCUT2D eigenvalue weighted by atomic mass is 16.3. The fourth-order valence-corrected chi connectivity index (χ4v) is 2.27. The van der Waals surface area contributed by atoms with E-state index < -0.39 is 0 Å². The van der Waals surface area contributed by atoms with Crippen LogP contribution in [-0.2, 0) is 0 Å². The predicted molar refractivity (Wildman–Crippen MR) is 83.8 cm³/mol. The highest BCUT2D eigenvalue weighted by molar-refractivity contribution is 5.90. The molecule has 2 N–H and O–H groups in total. The Morgan fingerprint density at radius 2 is 1.67 bits per heavy atom. The number of phenolic OH excluding ortho intramolecular Hbond substituents is 2. The van der Waals surface area contributed by atoms with Crippen molar-refractivity contribution in [2.75, 3.05) is 0 Å². The first-order valence-electron chi connectivity index (χ1n) is 6.76. The highest BCUT2D eigenvalue weighted by Gasteiger charge is 2.14. The normalized spacial score (nSPS) is 11.4. The van der Waals surface area contributed by atoms with Crippen molar-refractivity contribution in [3.05, 3.63) is 59.2 Å². The van der Waals surface area contributed by atoms with Gasteiger partial charge >= 0.3 is 0 Å². The zero-order valence-corrected chi connectivity index (χ0v) is 12.0. The van der Waals surface area contributed by atoms with Crippen LogP contribution in [0.25, 0.3) is 11.6 Å². The van der Waals surface area contributed by atoms with E-state index >= 15 is 0 Å². The Balaban J connectivity index is 2.50. The number of phenols is 2. The lowest BCUT2D eigenvalue weighted by Gasteiger charge is -2.12. The Bertz CT molecular complexity index is 687. The van der Waals surface area contributed by atoms with Gasteiger partial charge in [0.05, 0.1) is 11.6 Å². The summed E-state index contributed by atoms with van der Waals surface area (Å²) in [6, 6.07) is 14.6. The molecule has 0 aliphatic carbocycles. The Kier molecular flexibility index (Phi) is 4.30. The molecule has 0 atom stereocenters. The van der Waals surface area contributed by atoms with Gasteiger partial charge in [-0.1, -0.05) is 44.2 Å². The molecule has 0 heterocycles. The Labute approximate surface area is 124 Å². The molecule has 0 radical (unpaired) electrons. The highest BCUT2D eigenvalue weighted by Crippen LogP contribution is 2.36. The van der Waals surface area contributed by atoms with Crippen molar-refractivity contribution in [1.82, 2.24) is 0 Å². The van der Waals surface area contributed by atoms with Gasteiger partial charge in [0.25, 0.3) is 0 Å². The third kappa shape index (κ3) is 3.24. The molecule has 0 aliphatic rings. The van der Waals surface area contributed by atoms with Gasteiger partial charge < -0.3 is 10.2 Å². The molecule has 2 aromatic carbocycles. The Hall–Kier alpha value is -2.73. The van der Waals surface area contributed by atoms with Crippen LogP contribution in [0.3, 0.4) is 0 Å². The van der Waals surface area contributed by atoms with Crippen LogP contribution in [-0.4, -0.2) is 10.2 Å². The smallest absolute Gasteiger partial charge is 0.123 e. The van der Waals surface area contributed by atoms with Gasteiger partial charge in [0.1, 0.15) is 11.5 Å². The minimum atomic E-state index is 0.00249. The second-order valence-corrected chi connectivity index (χ2v) is 5.16. The molecule has 0 saturated heterocycles. The van der Waals surface area contributed by atoms with Gasteiger partial charge in [0.2, 0.25) is 0 Å². The first kappa shape index (κ1) is 14.7.